The van der Waals surface area contributed by atoms with Crippen LogP contribution in [-0.2, 0) is 6.42 Å². The van der Waals surface area contributed by atoms with E-state index in [-0.39, 0.29) is 17.0 Å². The van der Waals surface area contributed by atoms with Crippen molar-refractivity contribution in [2.45, 2.75) is 39.2 Å². The van der Waals surface area contributed by atoms with E-state index in [1.807, 2.05) is 13.8 Å². The van der Waals surface area contributed by atoms with E-state index in [4.69, 9.17) is 18.6 Å². The summed E-state index contributed by atoms with van der Waals surface area (Å²) in [5.41, 5.74) is 1.35. The van der Waals surface area contributed by atoms with Crippen LogP contribution in [0, 0.1) is 6.92 Å². The van der Waals surface area contributed by atoms with Crippen LogP contribution < -0.4 is 25.2 Å². The number of hydrogen-bond donors (Lipinski definition) is 1. The van der Waals surface area contributed by atoms with Crippen molar-refractivity contribution in [3.05, 3.63) is 55.8 Å². The van der Waals surface area contributed by atoms with Gasteiger partial charge in [0.05, 0.1) is 24.1 Å². The number of aryl methyl sites for hydroxylation is 2. The number of rotatable bonds is 4. The van der Waals surface area contributed by atoms with Gasteiger partial charge in [-0.15, -0.1) is 0 Å². The van der Waals surface area contributed by atoms with Crippen LogP contribution in [0.2, 0.25) is 0 Å². The Hall–Kier alpha value is -3.00. The molecule has 2 aromatic carbocycles. The molecule has 4 rings (SSSR count). The summed E-state index contributed by atoms with van der Waals surface area (Å²) in [4.78, 5) is 25.8. The molecule has 8 heteroatoms. The fourth-order valence-electron chi connectivity index (χ4n) is 3.97. The molecule has 0 fully saturated rings. The molecule has 0 saturated carbocycles. The van der Waals surface area contributed by atoms with Crippen LogP contribution in [0.15, 0.2) is 37.9 Å². The molecule has 168 valence electrons. The maximum absolute atomic E-state index is 13.0. The molecule has 0 spiro atoms. The minimum Gasteiger partial charge on any atom is -0.495 e. The minimum absolute atomic E-state index is 0.0587. The van der Waals surface area contributed by atoms with Gasteiger partial charge in [-0.25, -0.2) is 4.79 Å². The van der Waals surface area contributed by atoms with Crippen molar-refractivity contribution < 1.29 is 23.4 Å². The average molecular weight is 502 g/mol. The highest BCUT2D eigenvalue weighted by atomic mass is 79.9. The summed E-state index contributed by atoms with van der Waals surface area (Å²) < 4.78 is 23.1. The zero-order valence-electron chi connectivity index (χ0n) is 18.6. The SMILES string of the molecule is COc1c(Br)cc2c(OC)c(NC(=O)c3ccc4c(c3)CCC(C)(C)O4)c(=O)oc2c1C. The summed E-state index contributed by atoms with van der Waals surface area (Å²) in [6.07, 6.45) is 1.66. The second-order valence-corrected chi connectivity index (χ2v) is 9.18. The third kappa shape index (κ3) is 3.83. The van der Waals surface area contributed by atoms with Gasteiger partial charge >= 0.3 is 5.63 Å². The topological polar surface area (TPSA) is 87.0 Å². The largest absolute Gasteiger partial charge is 0.495 e. The van der Waals surface area contributed by atoms with Gasteiger partial charge in [0.25, 0.3) is 5.91 Å². The summed E-state index contributed by atoms with van der Waals surface area (Å²) >= 11 is 3.47. The lowest BCUT2D eigenvalue weighted by Crippen LogP contribution is -2.32. The molecule has 3 aromatic rings. The molecular weight excluding hydrogens is 478 g/mol. The first-order chi connectivity index (χ1) is 15.1. The predicted octanol–water partition coefficient (Wildman–Crippen LogP) is 5.24. The number of ether oxygens (including phenoxy) is 3. The number of nitrogens with one attached hydrogen (secondary N) is 1. The molecule has 0 bridgehead atoms. The van der Waals surface area contributed by atoms with Crippen LogP contribution in [0.4, 0.5) is 5.69 Å². The number of amides is 1. The van der Waals surface area contributed by atoms with Gasteiger partial charge in [-0.05, 0) is 79.4 Å². The van der Waals surface area contributed by atoms with Crippen LogP contribution in [0.5, 0.6) is 17.2 Å². The smallest absolute Gasteiger partial charge is 0.364 e. The number of anilines is 1. The van der Waals surface area contributed by atoms with Crippen molar-refractivity contribution in [1.82, 2.24) is 0 Å². The number of halogens is 1. The quantitative estimate of drug-likeness (QED) is 0.492. The van der Waals surface area contributed by atoms with Gasteiger partial charge in [0.15, 0.2) is 11.4 Å². The third-order valence-electron chi connectivity index (χ3n) is 5.64. The number of fused-ring (bicyclic) bond motifs is 2. The Kier molecular flexibility index (Phi) is 5.67. The van der Waals surface area contributed by atoms with Crippen LogP contribution in [0.25, 0.3) is 11.0 Å². The van der Waals surface area contributed by atoms with Crippen LogP contribution in [0.1, 0.15) is 41.8 Å². The molecule has 2 heterocycles. The summed E-state index contributed by atoms with van der Waals surface area (Å²) in [6.45, 7) is 5.86. The van der Waals surface area contributed by atoms with Crippen molar-refractivity contribution in [1.29, 1.82) is 0 Å². The van der Waals surface area contributed by atoms with Crippen molar-refractivity contribution in [2.24, 2.45) is 0 Å². The zero-order chi connectivity index (χ0) is 23.2. The zero-order valence-corrected chi connectivity index (χ0v) is 20.1. The molecule has 0 aliphatic carbocycles. The number of benzene rings is 2. The van der Waals surface area contributed by atoms with Crippen molar-refractivity contribution in [2.75, 3.05) is 19.5 Å². The van der Waals surface area contributed by atoms with Crippen molar-refractivity contribution >= 4 is 38.5 Å². The fourth-order valence-corrected chi connectivity index (χ4v) is 4.66. The maximum Gasteiger partial charge on any atom is 0.364 e. The lowest BCUT2D eigenvalue weighted by atomic mass is 9.93. The molecule has 32 heavy (non-hydrogen) atoms. The third-order valence-corrected chi connectivity index (χ3v) is 6.23. The Morgan fingerprint density at radius 1 is 1.16 bits per heavy atom. The van der Waals surface area contributed by atoms with Gasteiger partial charge in [0, 0.05) is 11.1 Å². The van der Waals surface area contributed by atoms with E-state index in [0.717, 1.165) is 24.2 Å². The van der Waals surface area contributed by atoms with Gasteiger partial charge in [-0.2, -0.15) is 0 Å². The monoisotopic (exact) mass is 501 g/mol. The molecule has 1 aliphatic rings. The molecule has 0 saturated heterocycles. The van der Waals surface area contributed by atoms with E-state index in [1.165, 1.54) is 14.2 Å². The highest BCUT2D eigenvalue weighted by Gasteiger charge is 2.27. The van der Waals surface area contributed by atoms with Crippen LogP contribution in [0.3, 0.4) is 0 Å². The standard InChI is InChI=1S/C24H24BrNO6/c1-12-19-15(11-16(25)20(12)29-4)21(30-5)18(23(28)31-19)26-22(27)14-6-7-17-13(10-14)8-9-24(2,3)32-17/h6-7,10-11H,8-9H2,1-5H3,(H,26,27). The van der Waals surface area contributed by atoms with E-state index in [9.17, 15) is 9.59 Å². The first kappa shape index (κ1) is 22.2. The molecule has 0 unspecified atom stereocenters. The molecular formula is C24H24BrNO6. The first-order valence-corrected chi connectivity index (χ1v) is 11.0. The minimum atomic E-state index is -0.710. The van der Waals surface area contributed by atoms with E-state index in [0.29, 0.717) is 32.3 Å². The first-order valence-electron chi connectivity index (χ1n) is 10.2. The number of carbonyl (C=O) groups is 1. The summed E-state index contributed by atoms with van der Waals surface area (Å²) in [7, 11) is 2.97. The molecule has 0 radical (unpaired) electrons. The maximum atomic E-state index is 13.0. The van der Waals surface area contributed by atoms with Gasteiger partial charge in [0.2, 0.25) is 0 Å². The van der Waals surface area contributed by atoms with E-state index < -0.39 is 11.5 Å². The second kappa shape index (κ2) is 8.16. The lowest BCUT2D eigenvalue weighted by molar-refractivity contribution is 0.0846. The Morgan fingerprint density at radius 2 is 1.88 bits per heavy atom. The second-order valence-electron chi connectivity index (χ2n) is 8.33. The van der Waals surface area contributed by atoms with Gasteiger partial charge < -0.3 is 23.9 Å². The Bertz CT molecular complexity index is 1290. The Balaban J connectivity index is 1.74. The summed E-state index contributed by atoms with van der Waals surface area (Å²) in [5.74, 6) is 1.11. The number of hydrogen-bond acceptors (Lipinski definition) is 6. The Labute approximate surface area is 193 Å². The molecule has 1 aliphatic heterocycles. The van der Waals surface area contributed by atoms with Gasteiger partial charge in [-0.1, -0.05) is 0 Å². The lowest BCUT2D eigenvalue weighted by Gasteiger charge is -2.32. The van der Waals surface area contributed by atoms with Gasteiger partial charge in [0.1, 0.15) is 22.7 Å². The van der Waals surface area contributed by atoms with Crippen molar-refractivity contribution in [3.63, 3.8) is 0 Å². The molecule has 1 amide bonds. The number of methoxy groups -OCH3 is 2. The molecule has 1 aromatic heterocycles. The molecule has 7 nitrogen and oxygen atoms in total. The Morgan fingerprint density at radius 3 is 2.56 bits per heavy atom. The number of carbonyl (C=O) groups excluding carboxylic acids is 1. The van der Waals surface area contributed by atoms with E-state index in [2.05, 4.69) is 21.2 Å². The van der Waals surface area contributed by atoms with E-state index in [1.54, 1.807) is 31.2 Å². The highest BCUT2D eigenvalue weighted by molar-refractivity contribution is 9.10. The van der Waals surface area contributed by atoms with Crippen molar-refractivity contribution in [3.8, 4) is 17.2 Å². The summed E-state index contributed by atoms with van der Waals surface area (Å²) in [5, 5.41) is 3.21. The van der Waals surface area contributed by atoms with Crippen LogP contribution in [-0.4, -0.2) is 25.7 Å². The van der Waals surface area contributed by atoms with Crippen LogP contribution >= 0.6 is 15.9 Å². The average Bonchev–Trinajstić information content (AvgIpc) is 2.74. The fraction of sp³-hybridized carbons (Fsp3) is 0.333. The molecule has 0 atom stereocenters. The van der Waals surface area contributed by atoms with Gasteiger partial charge in [-0.3, -0.25) is 4.79 Å². The molecule has 1 N–H and O–H groups in total. The highest BCUT2D eigenvalue weighted by Crippen LogP contribution is 2.40. The normalized spacial score (nSPS) is 14.4. The van der Waals surface area contributed by atoms with E-state index >= 15 is 0 Å². The predicted molar refractivity (Wildman–Crippen MR) is 125 cm³/mol. The summed E-state index contributed by atoms with van der Waals surface area (Å²) in [6, 6.07) is 6.99.